The lowest BCUT2D eigenvalue weighted by Gasteiger charge is -2.33. The molecule has 0 atom stereocenters. The van der Waals surface area contributed by atoms with Gasteiger partial charge in [0, 0.05) is 43.4 Å². The average Bonchev–Trinajstić information content (AvgIpc) is 3.39. The molecule has 0 radical (unpaired) electrons. The number of rotatable bonds is 6. The van der Waals surface area contributed by atoms with Crippen molar-refractivity contribution in [1.29, 1.82) is 0 Å². The smallest absolute Gasteiger partial charge is 0.333 e. The quantitative estimate of drug-likeness (QED) is 0.483. The summed E-state index contributed by atoms with van der Waals surface area (Å²) in [6.07, 6.45) is 7.12. The monoisotopic (exact) mass is 528 g/mol. The predicted molar refractivity (Wildman–Crippen MR) is 139 cm³/mol. The van der Waals surface area contributed by atoms with E-state index in [-0.39, 0.29) is 53.9 Å². The molecule has 3 heterocycles. The van der Waals surface area contributed by atoms with Crippen molar-refractivity contribution in [3.8, 4) is 17.1 Å². The number of aromatic nitrogens is 4. The fourth-order valence-electron chi connectivity index (χ4n) is 5.09. The van der Waals surface area contributed by atoms with Crippen LogP contribution in [0.15, 0.2) is 47.5 Å². The van der Waals surface area contributed by atoms with E-state index >= 15 is 0 Å². The molecular weight excluding hydrogens is 499 g/mol. The lowest BCUT2D eigenvalue weighted by Crippen LogP contribution is -2.43. The van der Waals surface area contributed by atoms with Crippen LogP contribution in [-0.2, 0) is 9.59 Å². The first-order valence-corrected chi connectivity index (χ1v) is 12.4. The van der Waals surface area contributed by atoms with Crippen molar-refractivity contribution in [3.05, 3.63) is 59.0 Å². The number of imide groups is 1. The fraction of sp³-hybridized carbons (Fsp3) is 0.423. The second-order valence-corrected chi connectivity index (χ2v) is 9.68. The van der Waals surface area contributed by atoms with Crippen LogP contribution in [0.2, 0.25) is 0 Å². The number of nitrogens with zero attached hydrogens (tertiary/aromatic N) is 5. The van der Waals surface area contributed by atoms with Gasteiger partial charge in [0.2, 0.25) is 17.8 Å². The van der Waals surface area contributed by atoms with Gasteiger partial charge in [0.05, 0.1) is 17.1 Å². The third-order valence-electron chi connectivity index (χ3n) is 6.96. The van der Waals surface area contributed by atoms with Gasteiger partial charge < -0.3 is 5.32 Å². The van der Waals surface area contributed by atoms with Crippen LogP contribution < -0.4 is 11.0 Å². The van der Waals surface area contributed by atoms with Crippen molar-refractivity contribution in [2.75, 3.05) is 5.32 Å². The molecule has 1 aliphatic heterocycles. The van der Waals surface area contributed by atoms with E-state index in [9.17, 15) is 18.8 Å². The summed E-state index contributed by atoms with van der Waals surface area (Å²) in [5.74, 6) is -0.0565. The Morgan fingerprint density at radius 3 is 2.24 bits per heavy atom. The highest BCUT2D eigenvalue weighted by molar-refractivity contribution is 6.02. The van der Waals surface area contributed by atoms with Gasteiger partial charge in [-0.15, -0.1) is 12.4 Å². The zero-order chi connectivity index (χ0) is 25.4. The van der Waals surface area contributed by atoms with Crippen LogP contribution >= 0.6 is 12.4 Å². The number of carbonyl (C=O) groups is 2. The molecule has 0 bridgehead atoms. The molecule has 9 nitrogen and oxygen atoms in total. The fourth-order valence-corrected chi connectivity index (χ4v) is 5.09. The zero-order valence-electron chi connectivity index (χ0n) is 20.8. The molecule has 2 fully saturated rings. The molecule has 37 heavy (non-hydrogen) atoms. The van der Waals surface area contributed by atoms with Crippen LogP contribution in [0.3, 0.4) is 0 Å². The Morgan fingerprint density at radius 1 is 0.973 bits per heavy atom. The van der Waals surface area contributed by atoms with Crippen molar-refractivity contribution in [2.24, 2.45) is 0 Å². The molecule has 0 spiro atoms. The summed E-state index contributed by atoms with van der Waals surface area (Å²) in [5, 5.41) is 3.38. The molecule has 1 saturated carbocycles. The molecule has 196 valence electrons. The number of carbonyl (C=O) groups excluding carboxylic acids is 2. The molecule has 3 aromatic rings. The van der Waals surface area contributed by atoms with Crippen molar-refractivity contribution < 1.29 is 14.0 Å². The Balaban J connectivity index is 0.00000320. The molecule has 1 aromatic carbocycles. The highest BCUT2D eigenvalue weighted by Gasteiger charge is 2.37. The Bertz CT molecular complexity index is 1330. The van der Waals surface area contributed by atoms with Crippen molar-refractivity contribution in [1.82, 2.24) is 24.0 Å². The number of nitrogens with one attached hydrogen (secondary N) is 1. The third kappa shape index (κ3) is 5.29. The first-order chi connectivity index (χ1) is 17.3. The second kappa shape index (κ2) is 10.8. The summed E-state index contributed by atoms with van der Waals surface area (Å²) in [4.78, 5) is 47.9. The van der Waals surface area contributed by atoms with E-state index in [0.29, 0.717) is 35.9 Å². The molecule has 2 aromatic heterocycles. The van der Waals surface area contributed by atoms with Crippen LogP contribution in [-0.4, -0.2) is 47.9 Å². The summed E-state index contributed by atoms with van der Waals surface area (Å²) >= 11 is 0. The minimum absolute atomic E-state index is 0. The Hall–Kier alpha value is -3.53. The number of imidazole rings is 1. The number of hydrogen-bond donors (Lipinski definition) is 1. The van der Waals surface area contributed by atoms with Gasteiger partial charge in [-0.2, -0.15) is 0 Å². The van der Waals surface area contributed by atoms with Gasteiger partial charge in [-0.3, -0.25) is 23.6 Å². The first-order valence-electron chi connectivity index (χ1n) is 12.4. The molecule has 5 rings (SSSR count). The summed E-state index contributed by atoms with van der Waals surface area (Å²) in [6, 6.07) is 7.55. The largest absolute Gasteiger partial charge is 0.351 e. The molecule has 11 heteroatoms. The summed E-state index contributed by atoms with van der Waals surface area (Å²) in [5.41, 5.74) is 1.47. The van der Waals surface area contributed by atoms with Crippen molar-refractivity contribution in [3.63, 3.8) is 0 Å². The minimum atomic E-state index is -0.377. The lowest BCUT2D eigenvalue weighted by atomic mass is 9.90. The van der Waals surface area contributed by atoms with E-state index in [2.05, 4.69) is 15.3 Å². The van der Waals surface area contributed by atoms with Crippen LogP contribution in [0.4, 0.5) is 10.3 Å². The Kier molecular flexibility index (Phi) is 7.77. The number of likely N-dealkylation sites (tertiary alicyclic amines) is 1. The number of amides is 2. The van der Waals surface area contributed by atoms with E-state index in [1.807, 2.05) is 13.8 Å². The van der Waals surface area contributed by atoms with Gasteiger partial charge in [-0.25, -0.2) is 19.2 Å². The van der Waals surface area contributed by atoms with Gasteiger partial charge in [0.1, 0.15) is 5.82 Å². The lowest BCUT2D eigenvalue weighted by molar-refractivity contribution is -0.141. The van der Waals surface area contributed by atoms with E-state index < -0.39 is 0 Å². The maximum Gasteiger partial charge on any atom is 0.333 e. The predicted octanol–water partition coefficient (Wildman–Crippen LogP) is 4.11. The van der Waals surface area contributed by atoms with Gasteiger partial charge in [-0.1, -0.05) is 0 Å². The number of benzene rings is 1. The summed E-state index contributed by atoms with van der Waals surface area (Å²) in [7, 11) is 0. The minimum Gasteiger partial charge on any atom is -0.351 e. The van der Waals surface area contributed by atoms with Crippen molar-refractivity contribution in [2.45, 2.75) is 70.5 Å². The third-order valence-corrected chi connectivity index (χ3v) is 6.96. The highest BCUT2D eigenvalue weighted by atomic mass is 35.5. The van der Waals surface area contributed by atoms with Crippen LogP contribution in [0.1, 0.15) is 58.4 Å². The highest BCUT2D eigenvalue weighted by Crippen LogP contribution is 2.29. The zero-order valence-corrected chi connectivity index (χ0v) is 21.6. The van der Waals surface area contributed by atoms with Gasteiger partial charge in [0.25, 0.3) is 0 Å². The molecule has 2 aliphatic rings. The van der Waals surface area contributed by atoms with Gasteiger partial charge >= 0.3 is 5.69 Å². The second-order valence-electron chi connectivity index (χ2n) is 9.68. The molecular formula is C26H30ClFN6O3. The average molecular weight is 529 g/mol. The van der Waals surface area contributed by atoms with E-state index in [1.54, 1.807) is 35.2 Å². The molecule has 1 N–H and O–H groups in total. The standard InChI is InChI=1S/C26H29FN6O3.ClH/c1-16(2)31-15-22(32(26(31)36)19-7-3-17(27)4-8-19)21-13-14-28-25(30-21)29-18-5-9-20(10-6-18)33-23(34)11-12-24(33)35;/h3-4,7-8,13-16,18,20H,5-6,9-12H2,1-2H3,(H,28,29,30);1H. The number of halogens is 2. The maximum absolute atomic E-state index is 13.5. The van der Waals surface area contributed by atoms with Crippen LogP contribution in [0.25, 0.3) is 17.1 Å². The number of anilines is 1. The normalized spacial score (nSPS) is 19.8. The van der Waals surface area contributed by atoms with Gasteiger partial charge in [0.15, 0.2) is 0 Å². The van der Waals surface area contributed by atoms with E-state index in [1.165, 1.54) is 21.6 Å². The van der Waals surface area contributed by atoms with Crippen molar-refractivity contribution >= 4 is 30.2 Å². The maximum atomic E-state index is 13.5. The SMILES string of the molecule is CC(C)n1cc(-c2ccnc(NC3CCC(N4C(=O)CCC4=O)CC3)n2)n(-c2ccc(F)cc2)c1=O.Cl. The summed E-state index contributed by atoms with van der Waals surface area (Å²) < 4.78 is 16.7. The molecule has 0 unspecified atom stereocenters. The molecule has 2 amide bonds. The van der Waals surface area contributed by atoms with E-state index in [4.69, 9.17) is 0 Å². The van der Waals surface area contributed by atoms with Crippen LogP contribution in [0.5, 0.6) is 0 Å². The van der Waals surface area contributed by atoms with Gasteiger partial charge in [-0.05, 0) is 69.9 Å². The first kappa shape index (κ1) is 26.5. The van der Waals surface area contributed by atoms with E-state index in [0.717, 1.165) is 25.7 Å². The Morgan fingerprint density at radius 2 is 1.62 bits per heavy atom. The van der Waals surface area contributed by atoms with Crippen LogP contribution in [0, 0.1) is 5.82 Å². The summed E-state index contributed by atoms with van der Waals surface area (Å²) in [6.45, 7) is 3.85. The molecule has 1 aliphatic carbocycles. The molecule has 1 saturated heterocycles. The Labute approximate surface area is 220 Å². The topological polar surface area (TPSA) is 102 Å². The number of hydrogen-bond acceptors (Lipinski definition) is 6.